The van der Waals surface area contributed by atoms with E-state index in [0.717, 1.165) is 52.4 Å². The smallest absolute Gasteiger partial charge is 0.239 e. The second-order valence-electron chi connectivity index (χ2n) is 6.27. The molecule has 3 atom stereocenters. The van der Waals surface area contributed by atoms with Gasteiger partial charge in [-0.2, -0.15) is 0 Å². The fourth-order valence-electron chi connectivity index (χ4n) is 2.95. The number of ether oxygens (including phenoxy) is 1. The third-order valence-electron chi connectivity index (χ3n) is 4.77. The maximum absolute atomic E-state index is 12.3. The van der Waals surface area contributed by atoms with Crippen LogP contribution in [0.25, 0.3) is 0 Å². The van der Waals surface area contributed by atoms with Crippen molar-refractivity contribution >= 4 is 5.91 Å². The standard InChI is InChI=1S/C15H29N3O2/c1-3-12(2)14(16)15(19)18-7-5-17(6-8-18)10-13-4-9-20-11-13/h12-14H,3-11,16H2,1-2H3. The normalized spacial score (nSPS) is 27.6. The highest BCUT2D eigenvalue weighted by Crippen LogP contribution is 2.16. The maximum atomic E-state index is 12.3. The molecule has 1 amide bonds. The highest BCUT2D eigenvalue weighted by atomic mass is 16.5. The highest BCUT2D eigenvalue weighted by molar-refractivity contribution is 5.82. The predicted octanol–water partition coefficient (Wildman–Crippen LogP) is 0.541. The van der Waals surface area contributed by atoms with Crippen LogP contribution in [-0.2, 0) is 9.53 Å². The number of nitrogens with two attached hydrogens (primary N) is 1. The molecule has 0 spiro atoms. The lowest BCUT2D eigenvalue weighted by Gasteiger charge is -2.37. The van der Waals surface area contributed by atoms with Crippen molar-refractivity contribution in [1.29, 1.82) is 0 Å². The van der Waals surface area contributed by atoms with Gasteiger partial charge in [0.25, 0.3) is 0 Å². The molecule has 0 saturated carbocycles. The average Bonchev–Trinajstić information content (AvgIpc) is 2.98. The number of rotatable bonds is 5. The molecule has 0 aromatic rings. The first-order chi connectivity index (χ1) is 9.61. The van der Waals surface area contributed by atoms with Crippen LogP contribution >= 0.6 is 0 Å². The number of hydrogen-bond acceptors (Lipinski definition) is 4. The molecule has 2 heterocycles. The van der Waals surface area contributed by atoms with E-state index in [4.69, 9.17) is 10.5 Å². The summed E-state index contributed by atoms with van der Waals surface area (Å²) >= 11 is 0. The van der Waals surface area contributed by atoms with Gasteiger partial charge in [-0.3, -0.25) is 9.69 Å². The lowest BCUT2D eigenvalue weighted by Crippen LogP contribution is -2.55. The highest BCUT2D eigenvalue weighted by Gasteiger charge is 2.28. The van der Waals surface area contributed by atoms with E-state index in [1.54, 1.807) is 0 Å². The Kier molecular flexibility index (Phi) is 5.81. The molecule has 0 aromatic heterocycles. The third kappa shape index (κ3) is 3.93. The number of amides is 1. The van der Waals surface area contributed by atoms with Crippen LogP contribution in [0.5, 0.6) is 0 Å². The molecule has 5 heteroatoms. The summed E-state index contributed by atoms with van der Waals surface area (Å²) in [5, 5.41) is 0. The predicted molar refractivity (Wildman–Crippen MR) is 79.4 cm³/mol. The van der Waals surface area contributed by atoms with E-state index in [9.17, 15) is 4.79 Å². The quantitative estimate of drug-likeness (QED) is 0.800. The van der Waals surface area contributed by atoms with Gasteiger partial charge in [-0.15, -0.1) is 0 Å². The summed E-state index contributed by atoms with van der Waals surface area (Å²) in [6.45, 7) is 10.6. The summed E-state index contributed by atoms with van der Waals surface area (Å²) in [6.07, 6.45) is 2.13. The van der Waals surface area contributed by atoms with E-state index in [2.05, 4.69) is 18.7 Å². The van der Waals surface area contributed by atoms with E-state index >= 15 is 0 Å². The summed E-state index contributed by atoms with van der Waals surface area (Å²) in [4.78, 5) is 16.7. The van der Waals surface area contributed by atoms with Crippen molar-refractivity contribution in [3.8, 4) is 0 Å². The van der Waals surface area contributed by atoms with E-state index in [1.165, 1.54) is 6.42 Å². The van der Waals surface area contributed by atoms with Gasteiger partial charge in [-0.1, -0.05) is 20.3 Å². The van der Waals surface area contributed by atoms with Gasteiger partial charge in [0.15, 0.2) is 0 Å². The summed E-state index contributed by atoms with van der Waals surface area (Å²) in [6, 6.07) is -0.338. The Labute approximate surface area is 122 Å². The summed E-state index contributed by atoms with van der Waals surface area (Å²) < 4.78 is 5.42. The Balaban J connectivity index is 1.74. The van der Waals surface area contributed by atoms with Crippen LogP contribution in [0.2, 0.25) is 0 Å². The maximum Gasteiger partial charge on any atom is 0.239 e. The molecule has 2 N–H and O–H groups in total. The van der Waals surface area contributed by atoms with Gasteiger partial charge in [0, 0.05) is 39.3 Å². The number of carbonyl (C=O) groups is 1. The fraction of sp³-hybridized carbons (Fsp3) is 0.933. The average molecular weight is 283 g/mol. The SMILES string of the molecule is CCC(C)C(N)C(=O)N1CCN(CC2CCOC2)CC1. The molecule has 2 aliphatic rings. The molecule has 0 aromatic carbocycles. The van der Waals surface area contributed by atoms with E-state index < -0.39 is 0 Å². The minimum absolute atomic E-state index is 0.128. The van der Waals surface area contributed by atoms with Crippen LogP contribution < -0.4 is 5.73 Å². The van der Waals surface area contributed by atoms with Gasteiger partial charge in [-0.25, -0.2) is 0 Å². The first-order valence-electron chi connectivity index (χ1n) is 7.96. The zero-order valence-corrected chi connectivity index (χ0v) is 12.9. The molecule has 0 aliphatic carbocycles. The van der Waals surface area contributed by atoms with Crippen molar-refractivity contribution in [2.24, 2.45) is 17.6 Å². The van der Waals surface area contributed by atoms with Crippen LogP contribution in [0.4, 0.5) is 0 Å². The molecule has 3 unspecified atom stereocenters. The largest absolute Gasteiger partial charge is 0.381 e. The van der Waals surface area contributed by atoms with Crippen LogP contribution in [-0.4, -0.2) is 67.7 Å². The van der Waals surface area contributed by atoms with Crippen molar-refractivity contribution in [3.63, 3.8) is 0 Å². The molecule has 20 heavy (non-hydrogen) atoms. The second kappa shape index (κ2) is 7.38. The molecule has 0 bridgehead atoms. The Hall–Kier alpha value is -0.650. The Morgan fingerprint density at radius 1 is 1.35 bits per heavy atom. The molecule has 2 aliphatic heterocycles. The van der Waals surface area contributed by atoms with E-state index in [1.807, 2.05) is 4.90 Å². The molecule has 2 fully saturated rings. The minimum atomic E-state index is -0.338. The number of hydrogen-bond donors (Lipinski definition) is 1. The van der Waals surface area contributed by atoms with Gasteiger partial charge in [-0.05, 0) is 18.3 Å². The number of nitrogens with zero attached hydrogens (tertiary/aromatic N) is 2. The Morgan fingerprint density at radius 3 is 2.60 bits per heavy atom. The van der Waals surface area contributed by atoms with Crippen LogP contribution in [0.3, 0.4) is 0 Å². The zero-order chi connectivity index (χ0) is 14.5. The van der Waals surface area contributed by atoms with Crippen molar-refractivity contribution in [3.05, 3.63) is 0 Å². The molecule has 5 nitrogen and oxygen atoms in total. The van der Waals surface area contributed by atoms with Gasteiger partial charge >= 0.3 is 0 Å². The van der Waals surface area contributed by atoms with E-state index in [0.29, 0.717) is 5.92 Å². The molecule has 2 rings (SSSR count). The molecule has 2 saturated heterocycles. The second-order valence-corrected chi connectivity index (χ2v) is 6.27. The van der Waals surface area contributed by atoms with Gasteiger partial charge in [0.1, 0.15) is 0 Å². The van der Waals surface area contributed by atoms with E-state index in [-0.39, 0.29) is 17.9 Å². The molecule has 116 valence electrons. The van der Waals surface area contributed by atoms with Gasteiger partial charge in [0.2, 0.25) is 5.91 Å². The molecular formula is C15H29N3O2. The van der Waals surface area contributed by atoms with Crippen molar-refractivity contribution in [2.45, 2.75) is 32.7 Å². The Bertz CT molecular complexity index is 310. The van der Waals surface area contributed by atoms with Crippen molar-refractivity contribution in [2.75, 3.05) is 45.9 Å². The lowest BCUT2D eigenvalue weighted by atomic mass is 9.98. The van der Waals surface area contributed by atoms with Gasteiger partial charge in [0.05, 0.1) is 12.6 Å². The van der Waals surface area contributed by atoms with Crippen molar-refractivity contribution in [1.82, 2.24) is 9.80 Å². The Morgan fingerprint density at radius 2 is 2.05 bits per heavy atom. The van der Waals surface area contributed by atoms with Crippen LogP contribution in [0.15, 0.2) is 0 Å². The van der Waals surface area contributed by atoms with Crippen LogP contribution in [0, 0.1) is 11.8 Å². The minimum Gasteiger partial charge on any atom is -0.381 e. The number of piperazine rings is 1. The molecule has 0 radical (unpaired) electrons. The summed E-state index contributed by atoms with van der Waals surface area (Å²) in [7, 11) is 0. The first-order valence-corrected chi connectivity index (χ1v) is 7.96. The molecular weight excluding hydrogens is 254 g/mol. The first kappa shape index (κ1) is 15.7. The monoisotopic (exact) mass is 283 g/mol. The number of carbonyl (C=O) groups excluding carboxylic acids is 1. The fourth-order valence-corrected chi connectivity index (χ4v) is 2.95. The zero-order valence-electron chi connectivity index (χ0n) is 12.9. The third-order valence-corrected chi connectivity index (χ3v) is 4.77. The van der Waals surface area contributed by atoms with Crippen LogP contribution in [0.1, 0.15) is 26.7 Å². The van der Waals surface area contributed by atoms with Crippen molar-refractivity contribution < 1.29 is 9.53 Å². The summed E-state index contributed by atoms with van der Waals surface area (Å²) in [5.41, 5.74) is 6.05. The summed E-state index contributed by atoms with van der Waals surface area (Å²) in [5.74, 6) is 1.07. The lowest BCUT2D eigenvalue weighted by molar-refractivity contribution is -0.135. The topological polar surface area (TPSA) is 58.8 Å². The van der Waals surface area contributed by atoms with Gasteiger partial charge < -0.3 is 15.4 Å².